The number of ether oxygens (including phenoxy) is 2. The minimum atomic E-state index is -0.284. The molecular weight excluding hydrogens is 424 g/mol. The molecule has 1 amide bonds. The summed E-state index contributed by atoms with van der Waals surface area (Å²) in [5.41, 5.74) is 2.28. The number of hydrogen-bond donors (Lipinski definition) is 0. The van der Waals surface area contributed by atoms with Gasteiger partial charge in [0.15, 0.2) is 0 Å². The van der Waals surface area contributed by atoms with Crippen molar-refractivity contribution in [1.82, 2.24) is 19.8 Å². The fourth-order valence-corrected chi connectivity index (χ4v) is 4.21. The van der Waals surface area contributed by atoms with E-state index in [1.165, 1.54) is 0 Å². The van der Waals surface area contributed by atoms with Gasteiger partial charge in [-0.3, -0.25) is 9.88 Å². The van der Waals surface area contributed by atoms with Crippen LogP contribution in [0.15, 0.2) is 54.2 Å². The first-order valence-electron chi connectivity index (χ1n) is 10.9. The van der Waals surface area contributed by atoms with Crippen molar-refractivity contribution in [2.45, 2.75) is 19.8 Å². The van der Waals surface area contributed by atoms with Gasteiger partial charge in [0.2, 0.25) is 0 Å². The van der Waals surface area contributed by atoms with Crippen molar-refractivity contribution in [2.75, 3.05) is 39.3 Å². The first-order chi connectivity index (χ1) is 15.7. The summed E-state index contributed by atoms with van der Waals surface area (Å²) >= 11 is 1.69. The maximum atomic E-state index is 12.5. The molecule has 2 aromatic heterocycles. The first-order valence-corrected chi connectivity index (χ1v) is 11.8. The van der Waals surface area contributed by atoms with Crippen LogP contribution in [0, 0.1) is 6.92 Å². The van der Waals surface area contributed by atoms with Gasteiger partial charge in [0.05, 0.1) is 17.3 Å². The van der Waals surface area contributed by atoms with Crippen LogP contribution in [-0.2, 0) is 12.8 Å². The molecule has 0 saturated carbocycles. The lowest BCUT2D eigenvalue weighted by Gasteiger charge is -2.33. The molecule has 0 N–H and O–H groups in total. The van der Waals surface area contributed by atoms with Gasteiger partial charge in [-0.05, 0) is 36.8 Å². The summed E-state index contributed by atoms with van der Waals surface area (Å²) < 4.78 is 11.3. The Morgan fingerprint density at radius 3 is 2.44 bits per heavy atom. The third-order valence-electron chi connectivity index (χ3n) is 5.42. The number of aryl methyl sites for hydroxylation is 1. The standard InChI is InChI=1S/C24H28N4O3S/c1-19-26-21(18-32-19)8-12-27-13-15-28(16-14-27)24(29)31-23-4-2-20(3-5-23)9-17-30-22-6-10-25-11-7-22/h2-7,10-11,18H,8-9,12-17H2,1H3. The topological polar surface area (TPSA) is 67.8 Å². The lowest BCUT2D eigenvalue weighted by Crippen LogP contribution is -2.49. The number of thiazole rings is 1. The predicted molar refractivity (Wildman–Crippen MR) is 124 cm³/mol. The number of rotatable bonds is 8. The zero-order valence-electron chi connectivity index (χ0n) is 18.3. The van der Waals surface area contributed by atoms with E-state index in [-0.39, 0.29) is 6.09 Å². The van der Waals surface area contributed by atoms with E-state index >= 15 is 0 Å². The number of amides is 1. The monoisotopic (exact) mass is 452 g/mol. The molecule has 32 heavy (non-hydrogen) atoms. The van der Waals surface area contributed by atoms with Crippen LogP contribution in [0.2, 0.25) is 0 Å². The molecule has 1 aliphatic heterocycles. The maximum absolute atomic E-state index is 12.5. The Bertz CT molecular complexity index is 986. The predicted octanol–water partition coefficient (Wildman–Crippen LogP) is 3.83. The van der Waals surface area contributed by atoms with Gasteiger partial charge >= 0.3 is 6.09 Å². The second-order valence-corrected chi connectivity index (χ2v) is 8.79. The van der Waals surface area contributed by atoms with Gasteiger partial charge in [-0.1, -0.05) is 12.1 Å². The maximum Gasteiger partial charge on any atom is 0.415 e. The van der Waals surface area contributed by atoms with Crippen molar-refractivity contribution < 1.29 is 14.3 Å². The Balaban J connectivity index is 1.16. The van der Waals surface area contributed by atoms with Crippen molar-refractivity contribution in [3.05, 3.63) is 70.4 Å². The molecular formula is C24H28N4O3S. The van der Waals surface area contributed by atoms with E-state index < -0.39 is 0 Å². The molecule has 4 rings (SSSR count). The molecule has 0 aliphatic carbocycles. The summed E-state index contributed by atoms with van der Waals surface area (Å²) in [6.45, 7) is 6.65. The number of carbonyl (C=O) groups excluding carboxylic acids is 1. The van der Waals surface area contributed by atoms with Crippen LogP contribution in [0.5, 0.6) is 11.5 Å². The van der Waals surface area contributed by atoms with Gasteiger partial charge in [0.25, 0.3) is 0 Å². The van der Waals surface area contributed by atoms with E-state index in [2.05, 4.69) is 20.2 Å². The molecule has 168 valence electrons. The van der Waals surface area contributed by atoms with E-state index in [4.69, 9.17) is 9.47 Å². The largest absolute Gasteiger partial charge is 0.493 e. The number of piperazine rings is 1. The fraction of sp³-hybridized carbons (Fsp3) is 0.375. The van der Waals surface area contributed by atoms with Crippen LogP contribution < -0.4 is 9.47 Å². The quantitative estimate of drug-likeness (QED) is 0.518. The molecule has 0 spiro atoms. The Morgan fingerprint density at radius 1 is 1.00 bits per heavy atom. The average Bonchev–Trinajstić information content (AvgIpc) is 3.25. The van der Waals surface area contributed by atoms with E-state index in [9.17, 15) is 4.79 Å². The van der Waals surface area contributed by atoms with Crippen LogP contribution in [0.1, 0.15) is 16.3 Å². The molecule has 0 unspecified atom stereocenters. The number of hydrogen-bond acceptors (Lipinski definition) is 7. The van der Waals surface area contributed by atoms with Crippen LogP contribution in [0.3, 0.4) is 0 Å². The molecule has 0 radical (unpaired) electrons. The minimum absolute atomic E-state index is 0.284. The highest BCUT2D eigenvalue weighted by molar-refractivity contribution is 7.09. The van der Waals surface area contributed by atoms with Gasteiger partial charge in [-0.15, -0.1) is 11.3 Å². The highest BCUT2D eigenvalue weighted by Crippen LogP contribution is 2.16. The zero-order valence-corrected chi connectivity index (χ0v) is 19.1. The SMILES string of the molecule is Cc1nc(CCN2CCN(C(=O)Oc3ccc(CCOc4ccncc4)cc3)CC2)cs1. The molecule has 7 nitrogen and oxygen atoms in total. The van der Waals surface area contributed by atoms with E-state index in [1.54, 1.807) is 28.6 Å². The molecule has 3 heterocycles. The molecule has 8 heteroatoms. The zero-order chi connectivity index (χ0) is 22.2. The van der Waals surface area contributed by atoms with Gasteiger partial charge < -0.3 is 14.4 Å². The third kappa shape index (κ3) is 6.51. The fourth-order valence-electron chi connectivity index (χ4n) is 3.56. The summed E-state index contributed by atoms with van der Waals surface area (Å²) in [4.78, 5) is 25.2. The van der Waals surface area contributed by atoms with Crippen molar-refractivity contribution in [1.29, 1.82) is 0 Å². The molecule has 0 bridgehead atoms. The Hall–Kier alpha value is -2.97. The summed E-state index contributed by atoms with van der Waals surface area (Å²) in [6.07, 6.45) is 4.87. The van der Waals surface area contributed by atoms with Crippen molar-refractivity contribution in [2.24, 2.45) is 0 Å². The Kier molecular flexibility index (Phi) is 7.68. The number of aromatic nitrogens is 2. The minimum Gasteiger partial charge on any atom is -0.493 e. The van der Waals surface area contributed by atoms with Crippen LogP contribution in [0.4, 0.5) is 4.79 Å². The molecule has 3 aromatic rings. The number of nitrogens with zero attached hydrogens (tertiary/aromatic N) is 4. The Labute approximate surface area is 192 Å². The molecule has 1 saturated heterocycles. The summed E-state index contributed by atoms with van der Waals surface area (Å²) in [5.74, 6) is 1.37. The molecule has 0 atom stereocenters. The smallest absolute Gasteiger partial charge is 0.415 e. The van der Waals surface area contributed by atoms with Crippen molar-refractivity contribution in [3.63, 3.8) is 0 Å². The van der Waals surface area contributed by atoms with E-state index in [0.29, 0.717) is 25.4 Å². The van der Waals surface area contributed by atoms with Gasteiger partial charge in [0.1, 0.15) is 11.5 Å². The number of pyridine rings is 1. The van der Waals surface area contributed by atoms with Crippen molar-refractivity contribution >= 4 is 17.4 Å². The summed E-state index contributed by atoms with van der Waals surface area (Å²) in [6, 6.07) is 11.3. The van der Waals surface area contributed by atoms with E-state index in [1.807, 2.05) is 43.3 Å². The van der Waals surface area contributed by atoms with Gasteiger partial charge in [0, 0.05) is 63.3 Å². The lowest BCUT2D eigenvalue weighted by atomic mass is 10.1. The van der Waals surface area contributed by atoms with Crippen molar-refractivity contribution in [3.8, 4) is 11.5 Å². The lowest BCUT2D eigenvalue weighted by molar-refractivity contribution is 0.111. The Morgan fingerprint density at radius 2 is 1.75 bits per heavy atom. The highest BCUT2D eigenvalue weighted by atomic mass is 32.1. The molecule has 1 fully saturated rings. The van der Waals surface area contributed by atoms with Crippen LogP contribution in [0.25, 0.3) is 0 Å². The van der Waals surface area contributed by atoms with Gasteiger partial charge in [-0.2, -0.15) is 0 Å². The van der Waals surface area contributed by atoms with Crippen LogP contribution in [-0.4, -0.2) is 65.2 Å². The second-order valence-electron chi connectivity index (χ2n) is 7.73. The third-order valence-corrected chi connectivity index (χ3v) is 6.24. The second kappa shape index (κ2) is 11.1. The normalized spacial score (nSPS) is 14.3. The molecule has 1 aromatic carbocycles. The number of benzene rings is 1. The summed E-state index contributed by atoms with van der Waals surface area (Å²) in [7, 11) is 0. The van der Waals surface area contributed by atoms with E-state index in [0.717, 1.165) is 54.5 Å². The molecule has 1 aliphatic rings. The summed E-state index contributed by atoms with van der Waals surface area (Å²) in [5, 5.41) is 3.24. The highest BCUT2D eigenvalue weighted by Gasteiger charge is 2.22. The first kappa shape index (κ1) is 22.2. The van der Waals surface area contributed by atoms with Gasteiger partial charge in [-0.25, -0.2) is 9.78 Å². The number of carbonyl (C=O) groups is 1. The van der Waals surface area contributed by atoms with Crippen LogP contribution >= 0.6 is 11.3 Å². The average molecular weight is 453 g/mol.